The van der Waals surface area contributed by atoms with Gasteiger partial charge in [-0.25, -0.2) is 0 Å². The standard InChI is InChI=1S/C28H46O/c1-19(21(3)18-29)9-10-20(2)24-13-14-25-23-12-11-22-8-6-7-16-27(22,4)26(23)15-17-28(24,25)5/h11,19-21,24-25,29H,6-10,12-18H2,1-5H3/t19-,20+,21?,24+,25-,27-,28+/m0/s1. The molecule has 2 fully saturated rings. The van der Waals surface area contributed by atoms with Gasteiger partial charge in [-0.1, -0.05) is 76.7 Å². The predicted octanol–water partition coefficient (Wildman–Crippen LogP) is 7.70. The van der Waals surface area contributed by atoms with Crippen LogP contribution in [-0.4, -0.2) is 11.7 Å². The van der Waals surface area contributed by atoms with Gasteiger partial charge >= 0.3 is 0 Å². The summed E-state index contributed by atoms with van der Waals surface area (Å²) >= 11 is 0. The van der Waals surface area contributed by atoms with Gasteiger partial charge in [0.15, 0.2) is 0 Å². The Bertz CT molecular complexity index is 672. The quantitative estimate of drug-likeness (QED) is 0.454. The number of allylic oxidation sites excluding steroid dienone is 4. The predicted molar refractivity (Wildman–Crippen MR) is 124 cm³/mol. The molecule has 164 valence electrons. The Kier molecular flexibility index (Phi) is 6.11. The molecule has 1 nitrogen and oxygen atoms in total. The summed E-state index contributed by atoms with van der Waals surface area (Å²) in [5, 5.41) is 9.48. The summed E-state index contributed by atoms with van der Waals surface area (Å²) in [6, 6.07) is 0. The molecule has 0 aliphatic heterocycles. The van der Waals surface area contributed by atoms with E-state index in [1.54, 1.807) is 5.57 Å². The van der Waals surface area contributed by atoms with E-state index in [9.17, 15) is 5.11 Å². The van der Waals surface area contributed by atoms with Gasteiger partial charge < -0.3 is 5.11 Å². The first-order valence-corrected chi connectivity index (χ1v) is 12.8. The molecule has 4 rings (SSSR count). The smallest absolute Gasteiger partial charge is 0.0459 e. The molecule has 1 N–H and O–H groups in total. The van der Waals surface area contributed by atoms with E-state index < -0.39 is 0 Å². The van der Waals surface area contributed by atoms with Crippen molar-refractivity contribution in [2.75, 3.05) is 6.61 Å². The lowest BCUT2D eigenvalue weighted by molar-refractivity contribution is 0.0913. The third kappa shape index (κ3) is 3.58. The van der Waals surface area contributed by atoms with Crippen LogP contribution in [0.1, 0.15) is 105 Å². The molecule has 0 bridgehead atoms. The van der Waals surface area contributed by atoms with Crippen LogP contribution in [0.3, 0.4) is 0 Å². The summed E-state index contributed by atoms with van der Waals surface area (Å²) in [4.78, 5) is 0. The Morgan fingerprint density at radius 3 is 2.55 bits per heavy atom. The molecule has 1 unspecified atom stereocenters. The van der Waals surface area contributed by atoms with Gasteiger partial charge in [-0.15, -0.1) is 0 Å². The first-order valence-electron chi connectivity index (χ1n) is 12.8. The summed E-state index contributed by atoms with van der Waals surface area (Å²) in [5.41, 5.74) is 6.54. The van der Waals surface area contributed by atoms with E-state index >= 15 is 0 Å². The topological polar surface area (TPSA) is 20.2 Å². The second-order valence-corrected chi connectivity index (χ2v) is 11.9. The third-order valence-electron chi connectivity index (χ3n) is 10.5. The van der Waals surface area contributed by atoms with Crippen molar-refractivity contribution in [3.63, 3.8) is 0 Å². The van der Waals surface area contributed by atoms with Crippen LogP contribution in [0.2, 0.25) is 0 Å². The van der Waals surface area contributed by atoms with Crippen LogP contribution in [-0.2, 0) is 0 Å². The van der Waals surface area contributed by atoms with Crippen LogP contribution in [0, 0.1) is 40.4 Å². The van der Waals surface area contributed by atoms with Crippen LogP contribution in [0.5, 0.6) is 0 Å². The molecular formula is C28H46O. The number of aliphatic hydroxyl groups is 1. The molecule has 0 radical (unpaired) electrons. The fourth-order valence-corrected chi connectivity index (χ4v) is 8.12. The molecule has 0 aromatic rings. The lowest BCUT2D eigenvalue weighted by Crippen LogP contribution is -2.40. The number of rotatable bonds is 6. The van der Waals surface area contributed by atoms with E-state index in [-0.39, 0.29) is 0 Å². The Balaban J connectivity index is 1.49. The molecule has 4 aliphatic rings. The van der Waals surface area contributed by atoms with E-state index in [0.717, 1.165) is 17.8 Å². The van der Waals surface area contributed by atoms with E-state index in [1.165, 1.54) is 70.6 Å². The minimum absolute atomic E-state index is 0.337. The van der Waals surface area contributed by atoms with Crippen molar-refractivity contribution >= 4 is 0 Å². The molecule has 0 saturated heterocycles. The maximum Gasteiger partial charge on any atom is 0.0459 e. The minimum atomic E-state index is 0.337. The molecule has 7 atom stereocenters. The molecule has 0 aromatic heterocycles. The summed E-state index contributed by atoms with van der Waals surface area (Å²) in [7, 11) is 0. The van der Waals surface area contributed by atoms with Crippen LogP contribution < -0.4 is 0 Å². The third-order valence-corrected chi connectivity index (χ3v) is 10.5. The van der Waals surface area contributed by atoms with Crippen molar-refractivity contribution < 1.29 is 5.11 Å². The number of hydrogen-bond acceptors (Lipinski definition) is 1. The highest BCUT2D eigenvalue weighted by atomic mass is 16.3. The maximum absolute atomic E-state index is 9.48. The average molecular weight is 399 g/mol. The number of fused-ring (bicyclic) bond motifs is 4. The molecule has 4 aliphatic carbocycles. The monoisotopic (exact) mass is 398 g/mol. The largest absolute Gasteiger partial charge is 0.396 e. The van der Waals surface area contributed by atoms with Crippen molar-refractivity contribution in [2.45, 2.75) is 105 Å². The Morgan fingerprint density at radius 2 is 1.79 bits per heavy atom. The molecule has 0 aromatic carbocycles. The van der Waals surface area contributed by atoms with Crippen molar-refractivity contribution in [1.29, 1.82) is 0 Å². The fraction of sp³-hybridized carbons (Fsp3) is 0.857. The van der Waals surface area contributed by atoms with E-state index in [0.29, 0.717) is 29.3 Å². The van der Waals surface area contributed by atoms with Crippen molar-refractivity contribution in [2.24, 2.45) is 40.4 Å². The average Bonchev–Trinajstić information content (AvgIpc) is 3.08. The van der Waals surface area contributed by atoms with Crippen molar-refractivity contribution in [1.82, 2.24) is 0 Å². The van der Waals surface area contributed by atoms with Crippen LogP contribution in [0.4, 0.5) is 0 Å². The van der Waals surface area contributed by atoms with Gasteiger partial charge in [-0.05, 0) is 86.4 Å². The first-order chi connectivity index (χ1) is 13.8. The summed E-state index contributed by atoms with van der Waals surface area (Å²) in [6.07, 6.45) is 17.8. The summed E-state index contributed by atoms with van der Waals surface area (Å²) in [6.45, 7) is 12.7. The molecule has 0 heterocycles. The van der Waals surface area contributed by atoms with E-state index in [2.05, 4.69) is 40.7 Å². The summed E-state index contributed by atoms with van der Waals surface area (Å²) < 4.78 is 0. The van der Waals surface area contributed by atoms with Gasteiger partial charge in [0.25, 0.3) is 0 Å². The molecule has 1 heteroatoms. The van der Waals surface area contributed by atoms with Gasteiger partial charge in [-0.2, -0.15) is 0 Å². The summed E-state index contributed by atoms with van der Waals surface area (Å²) in [5.74, 6) is 3.64. The molecule has 0 spiro atoms. The zero-order valence-corrected chi connectivity index (χ0v) is 19.9. The zero-order valence-electron chi connectivity index (χ0n) is 19.9. The van der Waals surface area contributed by atoms with E-state index in [4.69, 9.17) is 0 Å². The zero-order chi connectivity index (χ0) is 20.8. The Labute approximate surface area is 180 Å². The lowest BCUT2D eigenvalue weighted by atomic mass is 9.53. The molecule has 29 heavy (non-hydrogen) atoms. The fourth-order valence-electron chi connectivity index (χ4n) is 8.12. The lowest BCUT2D eigenvalue weighted by Gasteiger charge is -2.51. The highest BCUT2D eigenvalue weighted by Crippen LogP contribution is 2.65. The Morgan fingerprint density at radius 1 is 1.00 bits per heavy atom. The van der Waals surface area contributed by atoms with Crippen LogP contribution >= 0.6 is 0 Å². The van der Waals surface area contributed by atoms with Gasteiger partial charge in [0.1, 0.15) is 0 Å². The van der Waals surface area contributed by atoms with Gasteiger partial charge in [0, 0.05) is 12.0 Å². The Hall–Kier alpha value is -0.560. The van der Waals surface area contributed by atoms with Crippen molar-refractivity contribution in [3.05, 3.63) is 22.8 Å². The van der Waals surface area contributed by atoms with Crippen LogP contribution in [0.25, 0.3) is 0 Å². The first kappa shape index (κ1) is 21.7. The minimum Gasteiger partial charge on any atom is -0.396 e. The number of aliphatic hydroxyl groups excluding tert-OH is 1. The van der Waals surface area contributed by atoms with Crippen LogP contribution in [0.15, 0.2) is 22.8 Å². The second-order valence-electron chi connectivity index (χ2n) is 11.9. The van der Waals surface area contributed by atoms with E-state index in [1.807, 2.05) is 11.1 Å². The highest BCUT2D eigenvalue weighted by Gasteiger charge is 2.54. The normalized spacial score (nSPS) is 39.9. The second kappa shape index (κ2) is 8.18. The van der Waals surface area contributed by atoms with Gasteiger partial charge in [0.2, 0.25) is 0 Å². The van der Waals surface area contributed by atoms with Crippen molar-refractivity contribution in [3.8, 4) is 0 Å². The molecule has 2 saturated carbocycles. The highest BCUT2D eigenvalue weighted by molar-refractivity contribution is 5.43. The molecular weight excluding hydrogens is 352 g/mol. The molecule has 0 amide bonds. The van der Waals surface area contributed by atoms with Gasteiger partial charge in [0.05, 0.1) is 0 Å². The maximum atomic E-state index is 9.48. The number of hydrogen-bond donors (Lipinski definition) is 1. The SMILES string of the molecule is CC(CO)[C@@H](C)CC[C@@H](C)[C@H]1CC[C@H]2C3=C(CC[C@]12C)[C@@]1(C)CCCCC1=CC3. The van der Waals surface area contributed by atoms with Gasteiger partial charge in [-0.3, -0.25) is 0 Å².